The van der Waals surface area contributed by atoms with E-state index in [0.29, 0.717) is 5.75 Å². The number of thioether (sulfide) groups is 1. The van der Waals surface area contributed by atoms with Crippen molar-refractivity contribution in [2.75, 3.05) is 6.26 Å². The van der Waals surface area contributed by atoms with Crippen molar-refractivity contribution in [2.24, 2.45) is 0 Å². The number of rotatable bonds is 5. The molecule has 5 heteroatoms. The Hall–Kier alpha value is -1.88. The van der Waals surface area contributed by atoms with E-state index in [2.05, 4.69) is 0 Å². The summed E-state index contributed by atoms with van der Waals surface area (Å²) in [6.45, 7) is 1.58. The largest absolute Gasteiger partial charge is 0.483 e. The van der Waals surface area contributed by atoms with Crippen LogP contribution in [0.4, 0.5) is 8.78 Å². The molecule has 0 saturated heterocycles. The van der Waals surface area contributed by atoms with Gasteiger partial charge in [-0.3, -0.25) is 4.79 Å². The van der Waals surface area contributed by atoms with Gasteiger partial charge in [0.25, 0.3) is 0 Å². The highest BCUT2D eigenvalue weighted by Crippen LogP contribution is 2.21. The average molecular weight is 308 g/mol. The maximum atomic E-state index is 13.1. The Morgan fingerprint density at radius 3 is 2.33 bits per heavy atom. The molecule has 2 rings (SSSR count). The molecule has 2 nitrogen and oxygen atoms in total. The Bertz CT molecular complexity index is 641. The normalized spacial score (nSPS) is 12.0. The van der Waals surface area contributed by atoms with Gasteiger partial charge >= 0.3 is 0 Å². The van der Waals surface area contributed by atoms with E-state index in [4.69, 9.17) is 4.74 Å². The van der Waals surface area contributed by atoms with Crippen LogP contribution in [0, 0.1) is 11.6 Å². The summed E-state index contributed by atoms with van der Waals surface area (Å²) < 4.78 is 31.5. The van der Waals surface area contributed by atoms with Gasteiger partial charge in [-0.05, 0) is 55.6 Å². The van der Waals surface area contributed by atoms with Crippen LogP contribution in [-0.2, 0) is 0 Å². The van der Waals surface area contributed by atoms with Crippen molar-refractivity contribution in [1.29, 1.82) is 0 Å². The van der Waals surface area contributed by atoms with Gasteiger partial charge in [-0.15, -0.1) is 11.8 Å². The third-order valence-corrected chi connectivity index (χ3v) is 3.69. The minimum atomic E-state index is -1.04. The maximum Gasteiger partial charge on any atom is 0.203 e. The quantitative estimate of drug-likeness (QED) is 0.607. The summed E-state index contributed by atoms with van der Waals surface area (Å²) in [7, 11) is 0. The molecule has 0 aliphatic carbocycles. The molecule has 0 spiro atoms. The molecule has 0 bridgehead atoms. The lowest BCUT2D eigenvalue weighted by atomic mass is 10.1. The van der Waals surface area contributed by atoms with E-state index < -0.39 is 23.5 Å². The van der Waals surface area contributed by atoms with Crippen molar-refractivity contribution in [2.45, 2.75) is 17.9 Å². The molecule has 2 aromatic carbocycles. The minimum Gasteiger partial charge on any atom is -0.483 e. The number of carbonyl (C=O) groups is 1. The van der Waals surface area contributed by atoms with Crippen molar-refractivity contribution in [3.63, 3.8) is 0 Å². The van der Waals surface area contributed by atoms with Crippen LogP contribution in [0.25, 0.3) is 0 Å². The van der Waals surface area contributed by atoms with Crippen LogP contribution < -0.4 is 4.74 Å². The molecule has 0 aliphatic rings. The molecular formula is C16H14F2O2S. The second-order valence-corrected chi connectivity index (χ2v) is 5.31. The second kappa shape index (κ2) is 6.72. The van der Waals surface area contributed by atoms with Crippen LogP contribution in [-0.4, -0.2) is 18.1 Å². The molecule has 0 N–H and O–H groups in total. The Morgan fingerprint density at radius 2 is 1.76 bits per heavy atom. The molecule has 21 heavy (non-hydrogen) atoms. The molecule has 0 aliphatic heterocycles. The van der Waals surface area contributed by atoms with Crippen molar-refractivity contribution < 1.29 is 18.3 Å². The molecule has 2 aromatic rings. The highest BCUT2D eigenvalue weighted by Gasteiger charge is 2.18. The summed E-state index contributed by atoms with van der Waals surface area (Å²) in [5.41, 5.74) is 0.0853. The van der Waals surface area contributed by atoms with Gasteiger partial charge in [-0.25, -0.2) is 8.78 Å². The third kappa shape index (κ3) is 3.82. The number of Topliss-reactive ketones (excluding diaryl/α,β-unsaturated/α-hetero) is 1. The fraction of sp³-hybridized carbons (Fsp3) is 0.188. The maximum absolute atomic E-state index is 13.1. The number of halogens is 2. The Balaban J connectivity index is 2.09. The van der Waals surface area contributed by atoms with Gasteiger partial charge in [0, 0.05) is 10.5 Å². The van der Waals surface area contributed by atoms with Crippen LogP contribution in [0.1, 0.15) is 17.3 Å². The van der Waals surface area contributed by atoms with Crippen LogP contribution in [0.5, 0.6) is 5.75 Å². The van der Waals surface area contributed by atoms with Crippen LogP contribution in [0.2, 0.25) is 0 Å². The van der Waals surface area contributed by atoms with Crippen molar-refractivity contribution >= 4 is 17.5 Å². The molecule has 0 aromatic heterocycles. The second-order valence-electron chi connectivity index (χ2n) is 4.43. The van der Waals surface area contributed by atoms with E-state index >= 15 is 0 Å². The molecular weight excluding hydrogens is 294 g/mol. The smallest absolute Gasteiger partial charge is 0.203 e. The van der Waals surface area contributed by atoms with E-state index in [1.807, 2.05) is 18.4 Å². The Labute approximate surface area is 126 Å². The monoisotopic (exact) mass is 308 g/mol. The molecule has 0 heterocycles. The first-order chi connectivity index (χ1) is 10.0. The summed E-state index contributed by atoms with van der Waals surface area (Å²) in [6, 6.07) is 10.4. The Morgan fingerprint density at radius 1 is 1.10 bits per heavy atom. The van der Waals surface area contributed by atoms with Gasteiger partial charge < -0.3 is 4.74 Å². The van der Waals surface area contributed by atoms with Crippen molar-refractivity contribution in [1.82, 2.24) is 0 Å². The SMILES string of the molecule is CSc1ccc(OC(C)C(=O)c2ccc(F)c(F)c2)cc1. The van der Waals surface area contributed by atoms with Crippen LogP contribution in [0.15, 0.2) is 47.4 Å². The van der Waals surface area contributed by atoms with E-state index in [1.165, 1.54) is 6.07 Å². The molecule has 0 amide bonds. The number of hydrogen-bond acceptors (Lipinski definition) is 3. The molecule has 0 saturated carbocycles. The first-order valence-electron chi connectivity index (χ1n) is 6.31. The van der Waals surface area contributed by atoms with Crippen LogP contribution in [0.3, 0.4) is 0 Å². The lowest BCUT2D eigenvalue weighted by molar-refractivity contribution is 0.0817. The summed E-state index contributed by atoms with van der Waals surface area (Å²) in [4.78, 5) is 13.2. The lowest BCUT2D eigenvalue weighted by Gasteiger charge is -2.14. The zero-order chi connectivity index (χ0) is 15.4. The summed E-state index contributed by atoms with van der Waals surface area (Å²) >= 11 is 1.60. The van der Waals surface area contributed by atoms with Crippen molar-refractivity contribution in [3.8, 4) is 5.75 Å². The van der Waals surface area contributed by atoms with Gasteiger partial charge in [0.15, 0.2) is 17.7 Å². The fourth-order valence-corrected chi connectivity index (χ4v) is 2.20. The predicted molar refractivity (Wildman–Crippen MR) is 79.0 cm³/mol. The summed E-state index contributed by atoms with van der Waals surface area (Å²) in [6.07, 6.45) is 1.18. The number of ether oxygens (including phenoxy) is 1. The zero-order valence-electron chi connectivity index (χ0n) is 11.6. The number of benzene rings is 2. The highest BCUT2D eigenvalue weighted by molar-refractivity contribution is 7.98. The van der Waals surface area contributed by atoms with E-state index in [9.17, 15) is 13.6 Å². The average Bonchev–Trinajstić information content (AvgIpc) is 2.50. The van der Waals surface area contributed by atoms with Gasteiger partial charge in [-0.1, -0.05) is 0 Å². The molecule has 1 atom stereocenters. The van der Waals surface area contributed by atoms with Crippen LogP contribution >= 0.6 is 11.8 Å². The summed E-state index contributed by atoms with van der Waals surface area (Å²) in [5, 5.41) is 0. The number of hydrogen-bond donors (Lipinski definition) is 0. The molecule has 110 valence electrons. The first kappa shape index (κ1) is 15.5. The third-order valence-electron chi connectivity index (χ3n) is 2.95. The van der Waals surface area contributed by atoms with E-state index in [-0.39, 0.29) is 5.56 Å². The number of carbonyl (C=O) groups excluding carboxylic acids is 1. The first-order valence-corrected chi connectivity index (χ1v) is 7.53. The van der Waals surface area contributed by atoms with Gasteiger partial charge in [0.05, 0.1) is 0 Å². The van der Waals surface area contributed by atoms with Gasteiger partial charge in [0.1, 0.15) is 5.75 Å². The van der Waals surface area contributed by atoms with Gasteiger partial charge in [0.2, 0.25) is 5.78 Å². The van der Waals surface area contributed by atoms with Gasteiger partial charge in [-0.2, -0.15) is 0 Å². The van der Waals surface area contributed by atoms with E-state index in [0.717, 1.165) is 17.0 Å². The zero-order valence-corrected chi connectivity index (χ0v) is 12.4. The summed E-state index contributed by atoms with van der Waals surface area (Å²) in [5.74, 6) is -1.87. The topological polar surface area (TPSA) is 26.3 Å². The molecule has 0 radical (unpaired) electrons. The standard InChI is InChI=1S/C16H14F2O2S/c1-10(20-12-4-6-13(21-2)7-5-12)16(19)11-3-8-14(17)15(18)9-11/h3-10H,1-2H3. The molecule has 0 fully saturated rings. The number of ketones is 1. The predicted octanol–water partition coefficient (Wildman–Crippen LogP) is 4.34. The highest BCUT2D eigenvalue weighted by atomic mass is 32.2. The Kier molecular flexibility index (Phi) is 4.96. The van der Waals surface area contributed by atoms with Crippen molar-refractivity contribution in [3.05, 3.63) is 59.7 Å². The molecule has 1 unspecified atom stereocenters. The minimum absolute atomic E-state index is 0.0853. The van der Waals surface area contributed by atoms with E-state index in [1.54, 1.807) is 30.8 Å². The fourth-order valence-electron chi connectivity index (χ4n) is 1.80. The lowest BCUT2D eigenvalue weighted by Crippen LogP contribution is -2.24.